The van der Waals surface area contributed by atoms with Crippen LogP contribution >= 0.6 is 0 Å². The number of hydrogen-bond acceptors (Lipinski definition) is 5. The molecule has 0 aromatic heterocycles. The molecule has 0 aliphatic heterocycles. The van der Waals surface area contributed by atoms with Gasteiger partial charge in [0.2, 0.25) is 5.91 Å². The summed E-state index contributed by atoms with van der Waals surface area (Å²) in [5.74, 6) is -0.527. The molecule has 350 valence electrons. The number of aliphatic hydroxyl groups is 2. The molecule has 0 aromatic rings. The minimum atomic E-state index is -0.802. The highest BCUT2D eigenvalue weighted by atomic mass is 16.5. The number of amides is 1. The first kappa shape index (κ1) is 58.0. The molecule has 0 spiro atoms. The molecule has 0 saturated carbocycles. The molecular formula is C55H95NO5. The van der Waals surface area contributed by atoms with Gasteiger partial charge >= 0.3 is 5.97 Å². The van der Waals surface area contributed by atoms with Crippen molar-refractivity contribution in [2.24, 2.45) is 0 Å². The first-order valence-corrected chi connectivity index (χ1v) is 25.4. The Balaban J connectivity index is 4.67. The molecule has 61 heavy (non-hydrogen) atoms. The van der Waals surface area contributed by atoms with Crippen molar-refractivity contribution in [1.82, 2.24) is 5.32 Å². The van der Waals surface area contributed by atoms with Gasteiger partial charge in [0.05, 0.1) is 25.2 Å². The van der Waals surface area contributed by atoms with Gasteiger partial charge in [0.1, 0.15) is 6.10 Å². The highest BCUT2D eigenvalue weighted by Crippen LogP contribution is 2.17. The molecule has 1 amide bonds. The van der Waals surface area contributed by atoms with Crippen LogP contribution in [-0.4, -0.2) is 46.9 Å². The van der Waals surface area contributed by atoms with Crippen LogP contribution in [0.5, 0.6) is 0 Å². The van der Waals surface area contributed by atoms with Crippen molar-refractivity contribution in [3.63, 3.8) is 0 Å². The standard InChI is InChI=1S/C55H95NO5/c1-4-7-10-13-16-19-22-25-27-30-33-36-39-42-45-48-55(60)61-51(46-43-40-37-34-31-29-26-23-20-17-14-11-8-5-2)49-54(59)56-52(50-57)53(58)47-44-41-38-35-32-28-24-21-18-15-12-9-6-3/h7-8,10-11,13,16-17,19-20,22,25-27,29,51-53,57-58H,4-6,9,12,14-15,18,21,23-24,28,30-50H2,1-3H3,(H,56,59)/b10-7+,11-8+,16-13+,20-17+,22-19+,27-25-,29-26+. The summed E-state index contributed by atoms with van der Waals surface area (Å²) in [6.45, 7) is 6.22. The predicted molar refractivity (Wildman–Crippen MR) is 264 cm³/mol. The second-order valence-electron chi connectivity index (χ2n) is 16.9. The van der Waals surface area contributed by atoms with Crippen LogP contribution in [0.1, 0.15) is 226 Å². The third kappa shape index (κ3) is 43.5. The number of allylic oxidation sites excluding steroid dienone is 14. The summed E-state index contributed by atoms with van der Waals surface area (Å²) in [5.41, 5.74) is 0. The van der Waals surface area contributed by atoms with Crippen LogP contribution in [0.4, 0.5) is 0 Å². The van der Waals surface area contributed by atoms with Crippen molar-refractivity contribution >= 4 is 11.9 Å². The molecule has 6 nitrogen and oxygen atoms in total. The van der Waals surface area contributed by atoms with Crippen molar-refractivity contribution in [2.45, 2.75) is 244 Å². The van der Waals surface area contributed by atoms with Gasteiger partial charge in [-0.25, -0.2) is 0 Å². The van der Waals surface area contributed by atoms with E-state index in [0.29, 0.717) is 19.3 Å². The molecule has 6 heteroatoms. The van der Waals surface area contributed by atoms with Gasteiger partial charge in [-0.05, 0) is 77.0 Å². The first-order valence-electron chi connectivity index (χ1n) is 25.4. The van der Waals surface area contributed by atoms with Gasteiger partial charge in [-0.2, -0.15) is 0 Å². The van der Waals surface area contributed by atoms with E-state index in [0.717, 1.165) is 116 Å². The summed E-state index contributed by atoms with van der Waals surface area (Å²) in [7, 11) is 0. The molecule has 3 N–H and O–H groups in total. The molecule has 0 heterocycles. The number of unbranched alkanes of at least 4 members (excludes halogenated alkanes) is 21. The maximum Gasteiger partial charge on any atom is 0.306 e. The maximum absolute atomic E-state index is 13.2. The summed E-state index contributed by atoms with van der Waals surface area (Å²) < 4.78 is 5.91. The Morgan fingerprint density at radius 2 is 0.967 bits per heavy atom. The largest absolute Gasteiger partial charge is 0.462 e. The number of rotatable bonds is 44. The highest BCUT2D eigenvalue weighted by Gasteiger charge is 2.24. The molecular weight excluding hydrogens is 755 g/mol. The van der Waals surface area contributed by atoms with E-state index in [9.17, 15) is 19.8 Å². The van der Waals surface area contributed by atoms with Crippen molar-refractivity contribution < 1.29 is 24.5 Å². The Morgan fingerprint density at radius 3 is 1.54 bits per heavy atom. The summed E-state index contributed by atoms with van der Waals surface area (Å²) in [4.78, 5) is 26.1. The van der Waals surface area contributed by atoms with E-state index in [2.05, 4.69) is 92.9 Å². The van der Waals surface area contributed by atoms with Crippen LogP contribution in [0, 0.1) is 0 Å². The van der Waals surface area contributed by atoms with Gasteiger partial charge < -0.3 is 20.3 Å². The Bertz CT molecular complexity index is 1180. The van der Waals surface area contributed by atoms with Crippen LogP contribution in [0.15, 0.2) is 85.1 Å². The van der Waals surface area contributed by atoms with E-state index in [1.807, 2.05) is 18.2 Å². The fourth-order valence-corrected chi connectivity index (χ4v) is 7.28. The Morgan fingerprint density at radius 1 is 0.508 bits per heavy atom. The smallest absolute Gasteiger partial charge is 0.306 e. The quantitative estimate of drug-likeness (QED) is 0.0246. The summed E-state index contributed by atoms with van der Waals surface area (Å²) in [6, 6.07) is -0.718. The van der Waals surface area contributed by atoms with Crippen LogP contribution in [0.3, 0.4) is 0 Å². The zero-order chi connectivity index (χ0) is 44.5. The number of carbonyl (C=O) groups is 2. The molecule has 0 fully saturated rings. The average Bonchev–Trinajstić information content (AvgIpc) is 3.25. The Kier molecular flexibility index (Phi) is 45.7. The molecule has 0 bridgehead atoms. The van der Waals surface area contributed by atoms with Gasteiger partial charge in [-0.1, -0.05) is 221 Å². The SMILES string of the molecule is CC/C=C/C=C/C=C/C=C\CCCCCCCC(=O)OC(CCCCCC/C=C/C/C=C/C/C=C/CC)CC(=O)NC(CO)C(O)CCCCCCCCCCCCCCC. The third-order valence-corrected chi connectivity index (χ3v) is 11.1. The summed E-state index contributed by atoms with van der Waals surface area (Å²) in [6.07, 6.45) is 62.1. The summed E-state index contributed by atoms with van der Waals surface area (Å²) in [5, 5.41) is 23.8. The maximum atomic E-state index is 13.2. The lowest BCUT2D eigenvalue weighted by molar-refractivity contribution is -0.151. The molecule has 0 saturated heterocycles. The molecule has 3 unspecified atom stereocenters. The first-order chi connectivity index (χ1) is 30.0. The third-order valence-electron chi connectivity index (χ3n) is 11.1. The van der Waals surface area contributed by atoms with Gasteiger partial charge in [-0.15, -0.1) is 0 Å². The lowest BCUT2D eigenvalue weighted by Gasteiger charge is -2.24. The average molecular weight is 850 g/mol. The zero-order valence-electron chi connectivity index (χ0n) is 39.8. The van der Waals surface area contributed by atoms with Crippen molar-refractivity contribution in [1.29, 1.82) is 0 Å². The molecule has 0 rings (SSSR count). The molecule has 0 aliphatic rings. The number of aliphatic hydroxyl groups excluding tert-OH is 2. The van der Waals surface area contributed by atoms with Crippen LogP contribution in [0.25, 0.3) is 0 Å². The van der Waals surface area contributed by atoms with Gasteiger partial charge in [0.25, 0.3) is 0 Å². The van der Waals surface area contributed by atoms with E-state index in [-0.39, 0.29) is 24.9 Å². The monoisotopic (exact) mass is 850 g/mol. The number of nitrogens with one attached hydrogen (secondary N) is 1. The molecule has 0 radical (unpaired) electrons. The molecule has 0 aliphatic carbocycles. The van der Waals surface area contributed by atoms with E-state index in [1.165, 1.54) is 64.2 Å². The fraction of sp³-hybridized carbons (Fsp3) is 0.709. The van der Waals surface area contributed by atoms with Crippen LogP contribution < -0.4 is 5.32 Å². The molecule has 3 atom stereocenters. The minimum Gasteiger partial charge on any atom is -0.462 e. The lowest BCUT2D eigenvalue weighted by atomic mass is 10.0. The van der Waals surface area contributed by atoms with Gasteiger partial charge in [0.15, 0.2) is 0 Å². The number of esters is 1. The normalized spacial score (nSPS) is 14.0. The minimum absolute atomic E-state index is 0.0487. The fourth-order valence-electron chi connectivity index (χ4n) is 7.28. The second kappa shape index (κ2) is 48.1. The highest BCUT2D eigenvalue weighted by molar-refractivity contribution is 5.77. The zero-order valence-corrected chi connectivity index (χ0v) is 39.8. The van der Waals surface area contributed by atoms with Gasteiger partial charge in [0, 0.05) is 6.42 Å². The van der Waals surface area contributed by atoms with E-state index < -0.39 is 18.2 Å². The van der Waals surface area contributed by atoms with E-state index in [1.54, 1.807) is 0 Å². The van der Waals surface area contributed by atoms with Crippen molar-refractivity contribution in [3.05, 3.63) is 85.1 Å². The second-order valence-corrected chi connectivity index (χ2v) is 16.9. The summed E-state index contributed by atoms with van der Waals surface area (Å²) >= 11 is 0. The van der Waals surface area contributed by atoms with Crippen LogP contribution in [0.2, 0.25) is 0 Å². The Hall–Kier alpha value is -2.96. The topological polar surface area (TPSA) is 95.9 Å². The lowest BCUT2D eigenvalue weighted by Crippen LogP contribution is -2.46. The Labute approximate surface area is 376 Å². The number of hydrogen-bond donors (Lipinski definition) is 3. The van der Waals surface area contributed by atoms with Crippen LogP contribution in [-0.2, 0) is 14.3 Å². The predicted octanol–water partition coefficient (Wildman–Crippen LogP) is 15.2. The van der Waals surface area contributed by atoms with E-state index in [4.69, 9.17) is 4.74 Å². The van der Waals surface area contributed by atoms with Crippen molar-refractivity contribution in [2.75, 3.05) is 6.61 Å². The van der Waals surface area contributed by atoms with Gasteiger partial charge in [-0.3, -0.25) is 9.59 Å². The number of carbonyl (C=O) groups excluding carboxylic acids is 2. The molecule has 0 aromatic carbocycles. The van der Waals surface area contributed by atoms with Crippen molar-refractivity contribution in [3.8, 4) is 0 Å². The van der Waals surface area contributed by atoms with E-state index >= 15 is 0 Å². The number of ether oxygens (including phenoxy) is 1.